The first-order valence-corrected chi connectivity index (χ1v) is 6.36. The van der Waals surface area contributed by atoms with Gasteiger partial charge in [0, 0.05) is 7.11 Å². The second-order valence-corrected chi connectivity index (χ2v) is 4.48. The van der Waals surface area contributed by atoms with Gasteiger partial charge in [-0.1, -0.05) is 13.3 Å². The standard InChI is InChI=1S/C13H17F3N2O3/c1-3-4-8(7-21-2)17-11-9(12(19)20)5-6-10(18-11)13(14,15)16/h5-6,8H,3-4,7H2,1-2H3,(H,17,18)(H,19,20). The number of nitrogens with zero attached hydrogens (tertiary/aromatic N) is 1. The van der Waals surface area contributed by atoms with Crippen LogP contribution in [0.3, 0.4) is 0 Å². The number of rotatable bonds is 7. The molecule has 0 saturated carbocycles. The molecule has 0 fully saturated rings. The maximum atomic E-state index is 12.7. The number of hydrogen-bond acceptors (Lipinski definition) is 4. The summed E-state index contributed by atoms with van der Waals surface area (Å²) in [7, 11) is 1.46. The van der Waals surface area contributed by atoms with Gasteiger partial charge in [0.25, 0.3) is 0 Å². The lowest BCUT2D eigenvalue weighted by molar-refractivity contribution is -0.141. The van der Waals surface area contributed by atoms with Gasteiger partial charge in [-0.05, 0) is 18.6 Å². The monoisotopic (exact) mass is 306 g/mol. The fourth-order valence-corrected chi connectivity index (χ4v) is 1.84. The first-order valence-electron chi connectivity index (χ1n) is 6.36. The van der Waals surface area contributed by atoms with E-state index < -0.39 is 17.8 Å². The third-order valence-corrected chi connectivity index (χ3v) is 2.76. The van der Waals surface area contributed by atoms with Gasteiger partial charge < -0.3 is 15.2 Å². The molecule has 1 heterocycles. The molecule has 0 bridgehead atoms. The Hall–Kier alpha value is -1.83. The van der Waals surface area contributed by atoms with E-state index in [1.54, 1.807) is 0 Å². The van der Waals surface area contributed by atoms with Crippen molar-refractivity contribution in [3.8, 4) is 0 Å². The number of alkyl halides is 3. The number of carboxylic acids is 1. The van der Waals surface area contributed by atoms with Crippen LogP contribution in [-0.4, -0.2) is 35.8 Å². The summed E-state index contributed by atoms with van der Waals surface area (Å²) >= 11 is 0. The molecule has 2 N–H and O–H groups in total. The van der Waals surface area contributed by atoms with E-state index in [1.165, 1.54) is 7.11 Å². The Bertz CT molecular complexity index is 486. The van der Waals surface area contributed by atoms with Crippen molar-refractivity contribution in [2.45, 2.75) is 32.0 Å². The third-order valence-electron chi connectivity index (χ3n) is 2.76. The Kier molecular flexibility index (Phi) is 5.95. The van der Waals surface area contributed by atoms with E-state index in [2.05, 4.69) is 10.3 Å². The number of aromatic nitrogens is 1. The fourth-order valence-electron chi connectivity index (χ4n) is 1.84. The lowest BCUT2D eigenvalue weighted by Crippen LogP contribution is -2.27. The summed E-state index contributed by atoms with van der Waals surface area (Å²) in [6.45, 7) is 2.15. The third kappa shape index (κ3) is 4.89. The average molecular weight is 306 g/mol. The van der Waals surface area contributed by atoms with E-state index >= 15 is 0 Å². The maximum Gasteiger partial charge on any atom is 0.433 e. The van der Waals surface area contributed by atoms with E-state index in [9.17, 15) is 18.0 Å². The van der Waals surface area contributed by atoms with Crippen molar-refractivity contribution in [1.29, 1.82) is 0 Å². The van der Waals surface area contributed by atoms with Crippen molar-refractivity contribution >= 4 is 11.8 Å². The fraction of sp³-hybridized carbons (Fsp3) is 0.538. The van der Waals surface area contributed by atoms with Crippen LogP contribution in [0, 0.1) is 0 Å². The molecule has 0 amide bonds. The highest BCUT2D eigenvalue weighted by molar-refractivity contribution is 5.93. The van der Waals surface area contributed by atoms with E-state index in [-0.39, 0.29) is 24.0 Å². The topological polar surface area (TPSA) is 71.5 Å². The molecule has 0 aliphatic rings. The predicted molar refractivity (Wildman–Crippen MR) is 70.4 cm³/mol. The van der Waals surface area contributed by atoms with Gasteiger partial charge in [-0.25, -0.2) is 9.78 Å². The molecule has 0 aliphatic heterocycles. The SMILES string of the molecule is CCCC(COC)Nc1nc(C(F)(F)F)ccc1C(=O)O. The maximum absolute atomic E-state index is 12.7. The molecule has 0 aromatic carbocycles. The van der Waals surface area contributed by atoms with Crippen molar-refractivity contribution in [3.05, 3.63) is 23.4 Å². The van der Waals surface area contributed by atoms with Gasteiger partial charge in [0.2, 0.25) is 0 Å². The van der Waals surface area contributed by atoms with Crippen molar-refractivity contribution in [3.63, 3.8) is 0 Å². The summed E-state index contributed by atoms with van der Waals surface area (Å²) in [6.07, 6.45) is -3.25. The van der Waals surface area contributed by atoms with Crippen molar-refractivity contribution in [1.82, 2.24) is 4.98 Å². The Balaban J connectivity index is 3.13. The quantitative estimate of drug-likeness (QED) is 0.810. The van der Waals surface area contributed by atoms with E-state index in [1.807, 2.05) is 6.92 Å². The molecular weight excluding hydrogens is 289 g/mol. The highest BCUT2D eigenvalue weighted by atomic mass is 19.4. The van der Waals surface area contributed by atoms with Crippen LogP contribution in [0.4, 0.5) is 19.0 Å². The number of aromatic carboxylic acids is 1. The summed E-state index contributed by atoms with van der Waals surface area (Å²) in [5.41, 5.74) is -1.44. The zero-order valence-corrected chi connectivity index (χ0v) is 11.7. The van der Waals surface area contributed by atoms with Gasteiger partial charge in [-0.15, -0.1) is 0 Å². The molecule has 118 valence electrons. The van der Waals surface area contributed by atoms with Gasteiger partial charge in [0.05, 0.1) is 12.6 Å². The van der Waals surface area contributed by atoms with Crippen molar-refractivity contribution in [2.24, 2.45) is 0 Å². The summed E-state index contributed by atoms with van der Waals surface area (Å²) < 4.78 is 43.0. The molecule has 5 nitrogen and oxygen atoms in total. The van der Waals surface area contributed by atoms with E-state index in [0.29, 0.717) is 12.5 Å². The van der Waals surface area contributed by atoms with Gasteiger partial charge in [0.1, 0.15) is 17.1 Å². The number of hydrogen-bond donors (Lipinski definition) is 2. The summed E-state index contributed by atoms with van der Waals surface area (Å²) in [6, 6.07) is 1.24. The lowest BCUT2D eigenvalue weighted by Gasteiger charge is -2.19. The minimum absolute atomic E-state index is 0.241. The van der Waals surface area contributed by atoms with E-state index in [0.717, 1.165) is 12.5 Å². The molecule has 21 heavy (non-hydrogen) atoms. The normalized spacial score (nSPS) is 13.0. The second-order valence-electron chi connectivity index (χ2n) is 4.48. The molecule has 1 unspecified atom stereocenters. The van der Waals surface area contributed by atoms with Crippen LogP contribution < -0.4 is 5.32 Å². The molecule has 8 heteroatoms. The summed E-state index contributed by atoms with van der Waals surface area (Å²) in [5, 5.41) is 11.8. The summed E-state index contributed by atoms with van der Waals surface area (Å²) in [4.78, 5) is 14.5. The number of methoxy groups -OCH3 is 1. The number of ether oxygens (including phenoxy) is 1. The smallest absolute Gasteiger partial charge is 0.433 e. The number of halogens is 3. The number of carbonyl (C=O) groups is 1. The second kappa shape index (κ2) is 7.26. The lowest BCUT2D eigenvalue weighted by atomic mass is 10.1. The Morgan fingerprint density at radius 2 is 2.14 bits per heavy atom. The Labute approximate surface area is 120 Å². The summed E-state index contributed by atoms with van der Waals surface area (Å²) in [5.74, 6) is -1.64. The highest BCUT2D eigenvalue weighted by Crippen LogP contribution is 2.29. The van der Waals surface area contributed by atoms with Crippen molar-refractivity contribution in [2.75, 3.05) is 19.0 Å². The van der Waals surface area contributed by atoms with Crippen molar-refractivity contribution < 1.29 is 27.8 Å². The van der Waals surface area contributed by atoms with Gasteiger partial charge in [0.15, 0.2) is 0 Å². The van der Waals surface area contributed by atoms with Crippen LogP contribution >= 0.6 is 0 Å². The van der Waals surface area contributed by atoms with Crippen LogP contribution in [0.2, 0.25) is 0 Å². The van der Waals surface area contributed by atoms with Crippen LogP contribution in [-0.2, 0) is 10.9 Å². The zero-order chi connectivity index (χ0) is 16.0. The van der Waals surface area contributed by atoms with E-state index in [4.69, 9.17) is 9.84 Å². The molecule has 0 radical (unpaired) electrons. The first kappa shape index (κ1) is 17.2. The van der Waals surface area contributed by atoms with Crippen LogP contribution in [0.15, 0.2) is 12.1 Å². The zero-order valence-electron chi connectivity index (χ0n) is 11.7. The molecular formula is C13H17F3N2O3. The first-order chi connectivity index (χ1) is 9.79. The average Bonchev–Trinajstić information content (AvgIpc) is 2.38. The van der Waals surface area contributed by atoms with Gasteiger partial charge in [-0.2, -0.15) is 13.2 Å². The Morgan fingerprint density at radius 1 is 1.48 bits per heavy atom. The van der Waals surface area contributed by atoms with Crippen LogP contribution in [0.25, 0.3) is 0 Å². The minimum atomic E-state index is -4.63. The minimum Gasteiger partial charge on any atom is -0.478 e. The molecule has 0 spiro atoms. The van der Waals surface area contributed by atoms with Crippen LogP contribution in [0.5, 0.6) is 0 Å². The number of carboxylic acid groups (broad SMARTS) is 1. The molecule has 1 aromatic rings. The largest absolute Gasteiger partial charge is 0.478 e. The van der Waals surface area contributed by atoms with Gasteiger partial charge in [-0.3, -0.25) is 0 Å². The van der Waals surface area contributed by atoms with Crippen LogP contribution in [0.1, 0.15) is 35.8 Å². The number of nitrogens with one attached hydrogen (secondary N) is 1. The Morgan fingerprint density at radius 3 is 2.62 bits per heavy atom. The molecule has 1 aromatic heterocycles. The molecule has 0 saturated heterocycles. The molecule has 1 atom stereocenters. The molecule has 0 aliphatic carbocycles. The number of pyridine rings is 1. The van der Waals surface area contributed by atoms with Gasteiger partial charge >= 0.3 is 12.1 Å². The predicted octanol–water partition coefficient (Wildman–Crippen LogP) is 3.03. The number of anilines is 1. The molecule has 1 rings (SSSR count). The highest BCUT2D eigenvalue weighted by Gasteiger charge is 2.33.